The largest absolute Gasteiger partial charge is 0.264 e. The topological polar surface area (TPSA) is 37.4 Å². The van der Waals surface area contributed by atoms with E-state index in [9.17, 15) is 8.42 Å². The summed E-state index contributed by atoms with van der Waals surface area (Å²) in [5, 5.41) is 0. The van der Waals surface area contributed by atoms with Crippen molar-refractivity contribution < 1.29 is 8.42 Å². The summed E-state index contributed by atoms with van der Waals surface area (Å²) in [5.41, 5.74) is 1.90. The fourth-order valence-electron chi connectivity index (χ4n) is 2.62. The van der Waals surface area contributed by atoms with Crippen LogP contribution >= 0.6 is 22.6 Å². The molecule has 0 saturated carbocycles. The van der Waals surface area contributed by atoms with E-state index in [0.29, 0.717) is 4.90 Å². The van der Waals surface area contributed by atoms with E-state index < -0.39 is 10.0 Å². The van der Waals surface area contributed by atoms with Crippen molar-refractivity contribution in [2.24, 2.45) is 0 Å². The first-order valence-corrected chi connectivity index (χ1v) is 8.90. The molecule has 3 nitrogen and oxygen atoms in total. The summed E-state index contributed by atoms with van der Waals surface area (Å²) in [6.45, 7) is 1.95. The molecule has 20 heavy (non-hydrogen) atoms. The molecule has 0 aliphatic carbocycles. The maximum atomic E-state index is 12.8. The quantitative estimate of drug-likeness (QED) is 0.726. The second kappa shape index (κ2) is 5.04. The predicted octanol–water partition coefficient (Wildman–Crippen LogP) is 3.43. The minimum atomic E-state index is -3.49. The van der Waals surface area contributed by atoms with Crippen LogP contribution in [0.5, 0.6) is 0 Å². The van der Waals surface area contributed by atoms with Gasteiger partial charge in [0.15, 0.2) is 0 Å². The van der Waals surface area contributed by atoms with Gasteiger partial charge >= 0.3 is 0 Å². The van der Waals surface area contributed by atoms with Crippen LogP contribution in [0.3, 0.4) is 0 Å². The summed E-state index contributed by atoms with van der Waals surface area (Å²) in [4.78, 5) is 0.349. The van der Waals surface area contributed by atoms with Crippen LogP contribution < -0.4 is 4.31 Å². The molecule has 1 heterocycles. The first kappa shape index (κ1) is 13.9. The Morgan fingerprint density at radius 2 is 1.75 bits per heavy atom. The number of para-hydroxylation sites is 1. The number of hydrogen-bond acceptors (Lipinski definition) is 2. The van der Waals surface area contributed by atoms with Crippen molar-refractivity contribution in [2.75, 3.05) is 4.31 Å². The molecule has 0 unspecified atom stereocenters. The van der Waals surface area contributed by atoms with Crippen molar-refractivity contribution >= 4 is 38.3 Å². The second-order valence-corrected chi connectivity index (χ2v) is 8.00. The van der Waals surface area contributed by atoms with Crippen molar-refractivity contribution in [3.05, 3.63) is 57.7 Å². The Kier molecular flexibility index (Phi) is 3.50. The Labute approximate surface area is 132 Å². The molecule has 1 atom stereocenters. The lowest BCUT2D eigenvalue weighted by Crippen LogP contribution is -2.35. The van der Waals surface area contributed by atoms with Crippen LogP contribution in [-0.4, -0.2) is 14.5 Å². The molecular weight excluding hydrogens is 385 g/mol. The number of anilines is 1. The van der Waals surface area contributed by atoms with E-state index in [4.69, 9.17) is 0 Å². The predicted molar refractivity (Wildman–Crippen MR) is 88.4 cm³/mol. The van der Waals surface area contributed by atoms with E-state index in [2.05, 4.69) is 22.6 Å². The minimum Gasteiger partial charge on any atom is -0.263 e. The maximum absolute atomic E-state index is 12.8. The van der Waals surface area contributed by atoms with Crippen molar-refractivity contribution in [3.63, 3.8) is 0 Å². The summed E-state index contributed by atoms with van der Waals surface area (Å²) in [7, 11) is -3.49. The molecule has 0 N–H and O–H groups in total. The highest BCUT2D eigenvalue weighted by Gasteiger charge is 2.35. The van der Waals surface area contributed by atoms with E-state index in [-0.39, 0.29) is 6.04 Å². The van der Waals surface area contributed by atoms with Crippen LogP contribution in [0.2, 0.25) is 0 Å². The number of rotatable bonds is 2. The molecule has 1 aliphatic rings. The zero-order valence-electron chi connectivity index (χ0n) is 11.0. The van der Waals surface area contributed by atoms with E-state index in [1.54, 1.807) is 16.4 Å². The molecule has 0 spiro atoms. The monoisotopic (exact) mass is 399 g/mol. The van der Waals surface area contributed by atoms with E-state index in [0.717, 1.165) is 21.2 Å². The van der Waals surface area contributed by atoms with Gasteiger partial charge in [-0.25, -0.2) is 8.42 Å². The molecular formula is C15H14INO2S. The molecule has 2 aromatic carbocycles. The van der Waals surface area contributed by atoms with Crippen LogP contribution in [0.15, 0.2) is 53.4 Å². The fourth-order valence-corrected chi connectivity index (χ4v) is 4.68. The Bertz CT molecular complexity index is 741. The number of fused-ring (bicyclic) bond motifs is 1. The van der Waals surface area contributed by atoms with Gasteiger partial charge in [-0.3, -0.25) is 4.31 Å². The lowest BCUT2D eigenvalue weighted by molar-refractivity contribution is 0.584. The average molecular weight is 399 g/mol. The highest BCUT2D eigenvalue weighted by molar-refractivity contribution is 14.1. The Morgan fingerprint density at radius 1 is 1.10 bits per heavy atom. The smallest absolute Gasteiger partial charge is 0.263 e. The van der Waals surface area contributed by atoms with Crippen LogP contribution in [0.4, 0.5) is 5.69 Å². The number of benzene rings is 2. The van der Waals surface area contributed by atoms with E-state index in [1.165, 1.54) is 0 Å². The molecule has 1 aliphatic heterocycles. The highest BCUT2D eigenvalue weighted by Crippen LogP contribution is 2.36. The molecule has 0 saturated heterocycles. The molecule has 0 amide bonds. The molecule has 5 heteroatoms. The molecule has 0 fully saturated rings. The van der Waals surface area contributed by atoms with Gasteiger partial charge in [0.05, 0.1) is 10.6 Å². The zero-order chi connectivity index (χ0) is 14.3. The lowest BCUT2D eigenvalue weighted by atomic mass is 10.1. The Morgan fingerprint density at radius 3 is 2.45 bits per heavy atom. The summed E-state index contributed by atoms with van der Waals surface area (Å²) in [6.07, 6.45) is 0.764. The third-order valence-electron chi connectivity index (χ3n) is 3.52. The highest BCUT2D eigenvalue weighted by atomic mass is 127. The first-order valence-electron chi connectivity index (χ1n) is 6.38. The standard InChI is InChI=1S/C15H14INO2S/c1-11-10-12-4-2-3-5-15(12)17(11)20(18,19)14-8-6-13(16)7-9-14/h2-9,11H,10H2,1H3/t11-/m1/s1. The van der Waals surface area contributed by atoms with Crippen LogP contribution in [0, 0.1) is 3.57 Å². The van der Waals surface area contributed by atoms with Gasteiger partial charge < -0.3 is 0 Å². The molecule has 3 rings (SSSR count). The molecule has 104 valence electrons. The van der Waals surface area contributed by atoms with Gasteiger partial charge in [-0.1, -0.05) is 18.2 Å². The van der Waals surface area contributed by atoms with Gasteiger partial charge in [-0.2, -0.15) is 0 Å². The Balaban J connectivity index is 2.10. The van der Waals surface area contributed by atoms with Crippen molar-refractivity contribution in [1.29, 1.82) is 0 Å². The Hall–Kier alpha value is -1.08. The number of hydrogen-bond donors (Lipinski definition) is 0. The minimum absolute atomic E-state index is 0.0447. The normalized spacial score (nSPS) is 18.1. The number of sulfonamides is 1. The van der Waals surface area contributed by atoms with Gasteiger partial charge in [0.25, 0.3) is 10.0 Å². The van der Waals surface area contributed by atoms with Gasteiger partial charge in [0.1, 0.15) is 0 Å². The van der Waals surface area contributed by atoms with E-state index in [1.807, 2.05) is 43.3 Å². The van der Waals surface area contributed by atoms with Gasteiger partial charge in [-0.15, -0.1) is 0 Å². The molecule has 0 aromatic heterocycles. The summed E-state index contributed by atoms with van der Waals surface area (Å²) < 4.78 is 28.3. The zero-order valence-corrected chi connectivity index (χ0v) is 13.9. The van der Waals surface area contributed by atoms with E-state index >= 15 is 0 Å². The SMILES string of the molecule is C[C@@H]1Cc2ccccc2N1S(=O)(=O)c1ccc(I)cc1. The average Bonchev–Trinajstić information content (AvgIpc) is 2.75. The maximum Gasteiger partial charge on any atom is 0.264 e. The third kappa shape index (κ3) is 2.22. The van der Waals surface area contributed by atoms with Gasteiger partial charge in [0, 0.05) is 9.61 Å². The summed E-state index contributed by atoms with van der Waals surface area (Å²) in [6, 6.07) is 14.6. The summed E-state index contributed by atoms with van der Waals surface area (Å²) >= 11 is 2.17. The first-order chi connectivity index (χ1) is 9.50. The molecule has 0 bridgehead atoms. The number of halogens is 1. The summed E-state index contributed by atoms with van der Waals surface area (Å²) in [5.74, 6) is 0. The number of nitrogens with zero attached hydrogens (tertiary/aromatic N) is 1. The van der Waals surface area contributed by atoms with Crippen LogP contribution in [0.25, 0.3) is 0 Å². The van der Waals surface area contributed by atoms with Crippen LogP contribution in [0.1, 0.15) is 12.5 Å². The van der Waals surface area contributed by atoms with Crippen molar-refractivity contribution in [3.8, 4) is 0 Å². The van der Waals surface area contributed by atoms with Gasteiger partial charge in [0.2, 0.25) is 0 Å². The second-order valence-electron chi connectivity index (χ2n) is 4.94. The van der Waals surface area contributed by atoms with Crippen molar-refractivity contribution in [1.82, 2.24) is 0 Å². The third-order valence-corrected chi connectivity index (χ3v) is 6.18. The fraction of sp³-hybridized carbons (Fsp3) is 0.200. The molecule has 0 radical (unpaired) electrons. The molecule has 2 aromatic rings. The van der Waals surface area contributed by atoms with Gasteiger partial charge in [-0.05, 0) is 71.8 Å². The van der Waals surface area contributed by atoms with Crippen molar-refractivity contribution in [2.45, 2.75) is 24.3 Å². The lowest BCUT2D eigenvalue weighted by Gasteiger charge is -2.24. The van der Waals surface area contributed by atoms with Crippen LogP contribution in [-0.2, 0) is 16.4 Å².